The molecule has 0 spiro atoms. The Bertz CT molecular complexity index is 598. The molecule has 2 atom stereocenters. The molecular formula is C18H27N3O3. The second kappa shape index (κ2) is 7.38. The minimum Gasteiger partial charge on any atom is -0.454 e. The number of hydrogen-bond donors (Lipinski definition) is 1. The topological polar surface area (TPSA) is 65.8 Å². The van der Waals surface area contributed by atoms with Crippen molar-refractivity contribution < 1.29 is 14.0 Å². The third-order valence-electron chi connectivity index (χ3n) is 5.21. The maximum atomic E-state index is 12.9. The third-order valence-corrected chi connectivity index (χ3v) is 5.21. The highest BCUT2D eigenvalue weighted by Crippen LogP contribution is 2.31. The lowest BCUT2D eigenvalue weighted by molar-refractivity contribution is -0.119. The maximum Gasteiger partial charge on any atom is 0.289 e. The number of amides is 2. The number of furan rings is 1. The van der Waals surface area contributed by atoms with Crippen LogP contribution in [0.15, 0.2) is 16.5 Å². The van der Waals surface area contributed by atoms with Gasteiger partial charge in [0.25, 0.3) is 5.91 Å². The van der Waals surface area contributed by atoms with Gasteiger partial charge in [-0.15, -0.1) is 0 Å². The van der Waals surface area contributed by atoms with E-state index in [-0.39, 0.29) is 11.8 Å². The van der Waals surface area contributed by atoms with E-state index < -0.39 is 0 Å². The number of hydrogen-bond acceptors (Lipinski definition) is 4. The molecule has 0 unspecified atom stereocenters. The summed E-state index contributed by atoms with van der Waals surface area (Å²) in [5.41, 5.74) is 0. The highest BCUT2D eigenvalue weighted by atomic mass is 16.4. The first-order valence-corrected chi connectivity index (χ1v) is 8.98. The fourth-order valence-electron chi connectivity index (χ4n) is 4.07. The van der Waals surface area contributed by atoms with Gasteiger partial charge in [-0.25, -0.2) is 0 Å². The Morgan fingerprint density at radius 3 is 2.71 bits per heavy atom. The molecule has 1 aromatic heterocycles. The average molecular weight is 333 g/mol. The summed E-state index contributed by atoms with van der Waals surface area (Å²) in [7, 11) is 0. The number of rotatable bonds is 5. The van der Waals surface area contributed by atoms with Gasteiger partial charge in [0, 0.05) is 25.6 Å². The molecule has 3 heterocycles. The van der Waals surface area contributed by atoms with Crippen LogP contribution >= 0.6 is 0 Å². The van der Waals surface area contributed by atoms with Gasteiger partial charge in [-0.2, -0.15) is 0 Å². The summed E-state index contributed by atoms with van der Waals surface area (Å²) < 4.78 is 5.65. The van der Waals surface area contributed by atoms with Gasteiger partial charge in [0.1, 0.15) is 5.76 Å². The zero-order valence-electron chi connectivity index (χ0n) is 14.6. The number of likely N-dealkylation sites (N-methyl/N-ethyl adjacent to an activating group) is 1. The largest absolute Gasteiger partial charge is 0.454 e. The van der Waals surface area contributed by atoms with Crippen molar-refractivity contribution in [2.45, 2.75) is 58.2 Å². The summed E-state index contributed by atoms with van der Waals surface area (Å²) in [6, 6.07) is 4.27. The fraction of sp³-hybridized carbons (Fsp3) is 0.667. The molecule has 2 aliphatic heterocycles. The van der Waals surface area contributed by atoms with E-state index in [0.29, 0.717) is 30.1 Å². The molecule has 0 bridgehead atoms. The van der Waals surface area contributed by atoms with E-state index in [1.807, 2.05) is 4.90 Å². The highest BCUT2D eigenvalue weighted by molar-refractivity contribution is 5.92. The van der Waals surface area contributed by atoms with Crippen LogP contribution in [0.1, 0.15) is 55.8 Å². The second-order valence-electron chi connectivity index (χ2n) is 6.72. The van der Waals surface area contributed by atoms with Crippen molar-refractivity contribution in [2.24, 2.45) is 0 Å². The predicted octanol–water partition coefficient (Wildman–Crippen LogP) is 2.00. The summed E-state index contributed by atoms with van der Waals surface area (Å²) >= 11 is 0. The first-order valence-electron chi connectivity index (χ1n) is 8.98. The van der Waals surface area contributed by atoms with Gasteiger partial charge in [0.05, 0.1) is 6.54 Å². The normalized spacial score (nSPS) is 24.5. The van der Waals surface area contributed by atoms with E-state index >= 15 is 0 Å². The Kier molecular flexibility index (Phi) is 5.23. The number of likely N-dealkylation sites (tertiary alicyclic amines) is 2. The Morgan fingerprint density at radius 1 is 1.21 bits per heavy atom. The van der Waals surface area contributed by atoms with Crippen LogP contribution in [-0.2, 0) is 11.3 Å². The van der Waals surface area contributed by atoms with Crippen LogP contribution in [0.3, 0.4) is 0 Å². The van der Waals surface area contributed by atoms with Crippen molar-refractivity contribution >= 4 is 11.8 Å². The predicted molar refractivity (Wildman–Crippen MR) is 90.6 cm³/mol. The SMILES string of the molecule is CCN1CCC[C@@H]1[C@@H]1CCCN1C(=O)c1ccc(CNC(C)=O)o1. The van der Waals surface area contributed by atoms with Crippen molar-refractivity contribution in [3.8, 4) is 0 Å². The Morgan fingerprint density at radius 2 is 1.96 bits per heavy atom. The van der Waals surface area contributed by atoms with Gasteiger partial charge < -0.3 is 14.6 Å². The molecule has 1 aromatic rings. The van der Waals surface area contributed by atoms with Gasteiger partial charge in [-0.1, -0.05) is 6.92 Å². The molecule has 2 amide bonds. The molecule has 132 valence electrons. The van der Waals surface area contributed by atoms with E-state index in [0.717, 1.165) is 32.5 Å². The second-order valence-corrected chi connectivity index (χ2v) is 6.72. The number of nitrogens with zero attached hydrogens (tertiary/aromatic N) is 2. The monoisotopic (exact) mass is 333 g/mol. The highest BCUT2D eigenvalue weighted by Gasteiger charge is 2.40. The Labute approximate surface area is 143 Å². The number of nitrogens with one attached hydrogen (secondary N) is 1. The molecule has 6 nitrogen and oxygen atoms in total. The molecule has 2 fully saturated rings. The van der Waals surface area contributed by atoms with E-state index in [1.165, 1.54) is 19.8 Å². The number of carbonyl (C=O) groups excluding carboxylic acids is 2. The molecule has 24 heavy (non-hydrogen) atoms. The van der Waals surface area contributed by atoms with E-state index in [2.05, 4.69) is 17.1 Å². The first kappa shape index (κ1) is 17.0. The summed E-state index contributed by atoms with van der Waals surface area (Å²) in [4.78, 5) is 28.4. The van der Waals surface area contributed by atoms with Crippen LogP contribution in [0, 0.1) is 0 Å². The smallest absolute Gasteiger partial charge is 0.289 e. The van der Waals surface area contributed by atoms with Gasteiger partial charge in [-0.05, 0) is 50.9 Å². The molecule has 0 aliphatic carbocycles. The number of carbonyl (C=O) groups is 2. The van der Waals surface area contributed by atoms with Crippen LogP contribution in [0.4, 0.5) is 0 Å². The van der Waals surface area contributed by atoms with Gasteiger partial charge in [-0.3, -0.25) is 14.5 Å². The lowest BCUT2D eigenvalue weighted by Crippen LogP contribution is -2.48. The Hall–Kier alpha value is -1.82. The molecule has 1 N–H and O–H groups in total. The minimum absolute atomic E-state index is 0.0190. The molecular weight excluding hydrogens is 306 g/mol. The molecule has 2 saturated heterocycles. The lowest BCUT2D eigenvalue weighted by atomic mass is 10.0. The zero-order valence-corrected chi connectivity index (χ0v) is 14.6. The standard InChI is InChI=1S/C18H27N3O3/c1-3-20-10-4-6-15(20)16-7-5-11-21(16)18(23)17-9-8-14(24-17)12-19-13(2)22/h8-9,15-16H,3-7,10-12H2,1-2H3,(H,19,22)/t15-,16+/m1/s1. The van der Waals surface area contributed by atoms with Crippen molar-refractivity contribution in [3.05, 3.63) is 23.7 Å². The minimum atomic E-state index is -0.111. The lowest BCUT2D eigenvalue weighted by Gasteiger charge is -2.34. The Balaban J connectivity index is 1.68. The molecule has 0 radical (unpaired) electrons. The van der Waals surface area contributed by atoms with Gasteiger partial charge >= 0.3 is 0 Å². The fourth-order valence-corrected chi connectivity index (χ4v) is 4.07. The first-order chi connectivity index (χ1) is 11.6. The van der Waals surface area contributed by atoms with Crippen molar-refractivity contribution in [2.75, 3.05) is 19.6 Å². The van der Waals surface area contributed by atoms with Crippen molar-refractivity contribution in [1.29, 1.82) is 0 Å². The summed E-state index contributed by atoms with van der Waals surface area (Å²) in [6.45, 7) is 6.97. The molecule has 2 aliphatic rings. The maximum absolute atomic E-state index is 12.9. The summed E-state index contributed by atoms with van der Waals surface area (Å²) in [5.74, 6) is 0.859. The van der Waals surface area contributed by atoms with Crippen molar-refractivity contribution in [1.82, 2.24) is 15.1 Å². The quantitative estimate of drug-likeness (QED) is 0.895. The molecule has 0 saturated carbocycles. The van der Waals surface area contributed by atoms with Crippen LogP contribution < -0.4 is 5.32 Å². The summed E-state index contributed by atoms with van der Waals surface area (Å²) in [6.07, 6.45) is 4.53. The average Bonchev–Trinajstić information content (AvgIpc) is 3.30. The zero-order chi connectivity index (χ0) is 17.1. The van der Waals surface area contributed by atoms with Crippen LogP contribution in [0.2, 0.25) is 0 Å². The van der Waals surface area contributed by atoms with E-state index in [1.54, 1.807) is 12.1 Å². The van der Waals surface area contributed by atoms with Gasteiger partial charge in [0.15, 0.2) is 5.76 Å². The van der Waals surface area contributed by atoms with E-state index in [9.17, 15) is 9.59 Å². The van der Waals surface area contributed by atoms with Crippen LogP contribution in [0.25, 0.3) is 0 Å². The summed E-state index contributed by atoms with van der Waals surface area (Å²) in [5, 5.41) is 2.69. The molecule has 3 rings (SSSR count). The molecule has 0 aromatic carbocycles. The van der Waals surface area contributed by atoms with Crippen molar-refractivity contribution in [3.63, 3.8) is 0 Å². The molecule has 6 heteroatoms. The third kappa shape index (κ3) is 3.48. The van der Waals surface area contributed by atoms with Gasteiger partial charge in [0.2, 0.25) is 5.91 Å². The van der Waals surface area contributed by atoms with E-state index in [4.69, 9.17) is 4.42 Å². The van der Waals surface area contributed by atoms with Crippen LogP contribution in [0.5, 0.6) is 0 Å². The van der Waals surface area contributed by atoms with Crippen LogP contribution in [-0.4, -0.2) is 53.3 Å².